The first-order valence-electron chi connectivity index (χ1n) is 3.34. The molecule has 64 valence electrons. The molecule has 1 aromatic heterocycles. The van der Waals surface area contributed by atoms with Crippen molar-refractivity contribution in [1.29, 1.82) is 0 Å². The van der Waals surface area contributed by atoms with Crippen LogP contribution in [0, 0.1) is 0 Å². The van der Waals surface area contributed by atoms with E-state index in [1.165, 1.54) is 12.5 Å². The van der Waals surface area contributed by atoms with Crippen LogP contribution < -0.4 is 5.32 Å². The van der Waals surface area contributed by atoms with Gasteiger partial charge in [-0.15, -0.1) is 0 Å². The number of nitrogens with one attached hydrogen (secondary N) is 1. The van der Waals surface area contributed by atoms with E-state index in [0.717, 1.165) is 0 Å². The summed E-state index contributed by atoms with van der Waals surface area (Å²) < 4.78 is 4.73. The van der Waals surface area contributed by atoms with Crippen LogP contribution in [0.5, 0.6) is 0 Å². The summed E-state index contributed by atoms with van der Waals surface area (Å²) in [5.74, 6) is -0.217. The van der Waals surface area contributed by atoms with Crippen molar-refractivity contribution in [3.05, 3.63) is 35.8 Å². The average molecular weight is 186 g/mol. The van der Waals surface area contributed by atoms with Crippen molar-refractivity contribution in [2.24, 2.45) is 0 Å². The molecule has 0 aliphatic rings. The summed E-state index contributed by atoms with van der Waals surface area (Å²) in [6.45, 7) is 3.71. The summed E-state index contributed by atoms with van der Waals surface area (Å²) in [6.07, 6.45) is 2.80. The van der Waals surface area contributed by atoms with E-state index in [2.05, 4.69) is 11.9 Å². The molecule has 0 radical (unpaired) electrons. The van der Waals surface area contributed by atoms with Crippen LogP contribution in [0.4, 0.5) is 0 Å². The monoisotopic (exact) mass is 185 g/mol. The van der Waals surface area contributed by atoms with E-state index in [9.17, 15) is 4.79 Å². The fourth-order valence-electron chi connectivity index (χ4n) is 0.672. The molecule has 0 saturated carbocycles. The van der Waals surface area contributed by atoms with E-state index in [-0.39, 0.29) is 12.5 Å². The second kappa shape index (κ2) is 3.97. The predicted octanol–water partition coefficient (Wildman–Crippen LogP) is 1.76. The Hall–Kier alpha value is -1.22. The lowest BCUT2D eigenvalue weighted by atomic mass is 10.3. The van der Waals surface area contributed by atoms with Gasteiger partial charge in [-0.3, -0.25) is 4.79 Å². The number of amides is 1. The molecule has 0 aliphatic carbocycles. The Morgan fingerprint density at radius 2 is 2.50 bits per heavy atom. The van der Waals surface area contributed by atoms with Gasteiger partial charge in [-0.2, -0.15) is 0 Å². The van der Waals surface area contributed by atoms with Gasteiger partial charge in [0.2, 0.25) is 0 Å². The van der Waals surface area contributed by atoms with E-state index in [1.807, 2.05) is 0 Å². The van der Waals surface area contributed by atoms with Crippen molar-refractivity contribution >= 4 is 17.5 Å². The summed E-state index contributed by atoms with van der Waals surface area (Å²) in [5.41, 5.74) is 0.480. The third-order valence-electron chi connectivity index (χ3n) is 1.22. The molecular formula is C8H8ClNO2. The molecule has 3 nitrogen and oxygen atoms in total. The summed E-state index contributed by atoms with van der Waals surface area (Å²) >= 11 is 5.45. The number of carbonyl (C=O) groups is 1. The molecule has 0 aromatic carbocycles. The highest BCUT2D eigenvalue weighted by molar-refractivity contribution is 6.29. The normalized spacial score (nSPS) is 9.42. The maximum atomic E-state index is 11.1. The molecule has 0 fully saturated rings. The van der Waals surface area contributed by atoms with Crippen LogP contribution in [0.3, 0.4) is 0 Å². The van der Waals surface area contributed by atoms with Gasteiger partial charge in [0.05, 0.1) is 18.4 Å². The first-order chi connectivity index (χ1) is 5.70. The van der Waals surface area contributed by atoms with Gasteiger partial charge in [-0.05, 0) is 6.07 Å². The first kappa shape index (κ1) is 8.87. The Labute approximate surface area is 75.0 Å². The topological polar surface area (TPSA) is 42.2 Å². The minimum Gasteiger partial charge on any atom is -0.472 e. The third kappa shape index (κ3) is 2.43. The van der Waals surface area contributed by atoms with Crippen LogP contribution in [0.25, 0.3) is 0 Å². The predicted molar refractivity (Wildman–Crippen MR) is 46.0 cm³/mol. The van der Waals surface area contributed by atoms with Gasteiger partial charge in [-0.1, -0.05) is 18.2 Å². The van der Waals surface area contributed by atoms with E-state index in [0.29, 0.717) is 10.6 Å². The van der Waals surface area contributed by atoms with Gasteiger partial charge >= 0.3 is 0 Å². The lowest BCUT2D eigenvalue weighted by Gasteiger charge is -1.99. The smallest absolute Gasteiger partial charge is 0.254 e. The highest BCUT2D eigenvalue weighted by Gasteiger charge is 2.04. The third-order valence-corrected chi connectivity index (χ3v) is 1.36. The van der Waals surface area contributed by atoms with E-state index in [1.54, 1.807) is 6.07 Å². The van der Waals surface area contributed by atoms with Crippen LogP contribution >= 0.6 is 11.6 Å². The van der Waals surface area contributed by atoms with Crippen LogP contribution in [0.2, 0.25) is 0 Å². The van der Waals surface area contributed by atoms with Crippen molar-refractivity contribution in [1.82, 2.24) is 5.32 Å². The molecular weight excluding hydrogens is 178 g/mol. The molecule has 12 heavy (non-hydrogen) atoms. The van der Waals surface area contributed by atoms with Gasteiger partial charge in [0.15, 0.2) is 0 Å². The number of rotatable bonds is 3. The molecule has 0 atom stereocenters. The summed E-state index contributed by atoms with van der Waals surface area (Å²) in [7, 11) is 0. The standard InChI is InChI=1S/C8H8ClNO2/c1-6(9)4-10-8(11)7-2-3-12-5-7/h2-3,5H,1,4H2,(H,10,11). The van der Waals surface area contributed by atoms with Crippen LogP contribution in [-0.4, -0.2) is 12.5 Å². The molecule has 1 N–H and O–H groups in total. The number of halogens is 1. The van der Waals surface area contributed by atoms with Gasteiger partial charge in [-0.25, -0.2) is 0 Å². The van der Waals surface area contributed by atoms with Crippen molar-refractivity contribution in [3.63, 3.8) is 0 Å². The highest BCUT2D eigenvalue weighted by atomic mass is 35.5. The number of hydrogen-bond acceptors (Lipinski definition) is 2. The lowest BCUT2D eigenvalue weighted by molar-refractivity contribution is 0.0957. The summed E-state index contributed by atoms with van der Waals surface area (Å²) in [6, 6.07) is 1.58. The van der Waals surface area contributed by atoms with Crippen molar-refractivity contribution in [2.75, 3.05) is 6.54 Å². The van der Waals surface area contributed by atoms with Gasteiger partial charge in [0.1, 0.15) is 6.26 Å². The summed E-state index contributed by atoms with van der Waals surface area (Å²) in [4.78, 5) is 11.1. The number of hydrogen-bond donors (Lipinski definition) is 1. The quantitative estimate of drug-likeness (QED) is 0.780. The van der Waals surface area contributed by atoms with Gasteiger partial charge < -0.3 is 9.73 Å². The van der Waals surface area contributed by atoms with Crippen LogP contribution in [0.15, 0.2) is 34.6 Å². The molecule has 1 heterocycles. The summed E-state index contributed by atoms with van der Waals surface area (Å²) in [5, 5.41) is 2.95. The Morgan fingerprint density at radius 3 is 3.00 bits per heavy atom. The first-order valence-corrected chi connectivity index (χ1v) is 3.71. The minimum absolute atomic E-state index is 0.217. The van der Waals surface area contributed by atoms with Gasteiger partial charge in [0.25, 0.3) is 5.91 Å². The van der Waals surface area contributed by atoms with Crippen molar-refractivity contribution in [3.8, 4) is 0 Å². The zero-order chi connectivity index (χ0) is 8.97. The fourth-order valence-corrected chi connectivity index (χ4v) is 0.739. The van der Waals surface area contributed by atoms with Crippen LogP contribution in [-0.2, 0) is 0 Å². The maximum absolute atomic E-state index is 11.1. The Kier molecular flexibility index (Phi) is 2.94. The zero-order valence-electron chi connectivity index (χ0n) is 6.34. The SMILES string of the molecule is C=C(Cl)CNC(=O)c1ccoc1. The second-order valence-corrected chi connectivity index (χ2v) is 2.75. The highest BCUT2D eigenvalue weighted by Crippen LogP contribution is 2.00. The van der Waals surface area contributed by atoms with Gasteiger partial charge in [0, 0.05) is 5.03 Å². The van der Waals surface area contributed by atoms with E-state index >= 15 is 0 Å². The maximum Gasteiger partial charge on any atom is 0.254 e. The molecule has 0 saturated heterocycles. The fraction of sp³-hybridized carbons (Fsp3) is 0.125. The van der Waals surface area contributed by atoms with Crippen molar-refractivity contribution < 1.29 is 9.21 Å². The Morgan fingerprint density at radius 1 is 1.75 bits per heavy atom. The Balaban J connectivity index is 2.45. The molecule has 0 unspecified atom stereocenters. The van der Waals surface area contributed by atoms with Crippen LogP contribution in [0.1, 0.15) is 10.4 Å². The zero-order valence-corrected chi connectivity index (χ0v) is 7.10. The molecule has 1 rings (SSSR count). The average Bonchev–Trinajstić information content (AvgIpc) is 2.51. The molecule has 1 aromatic rings. The molecule has 4 heteroatoms. The van der Waals surface area contributed by atoms with Crippen molar-refractivity contribution in [2.45, 2.75) is 0 Å². The molecule has 0 bridgehead atoms. The largest absolute Gasteiger partial charge is 0.472 e. The second-order valence-electron chi connectivity index (χ2n) is 2.21. The molecule has 1 amide bonds. The number of carbonyl (C=O) groups excluding carboxylic acids is 1. The van der Waals surface area contributed by atoms with E-state index in [4.69, 9.17) is 16.0 Å². The Bertz CT molecular complexity index is 279. The molecule has 0 spiro atoms. The lowest BCUT2D eigenvalue weighted by Crippen LogP contribution is -2.23. The minimum atomic E-state index is -0.217. The van der Waals surface area contributed by atoms with E-state index < -0.39 is 0 Å². The molecule has 0 aliphatic heterocycles. The number of furan rings is 1.